The molecule has 0 saturated carbocycles. The predicted molar refractivity (Wildman–Crippen MR) is 91.7 cm³/mol. The van der Waals surface area contributed by atoms with E-state index in [9.17, 15) is 4.79 Å². The van der Waals surface area contributed by atoms with Crippen LogP contribution in [0.3, 0.4) is 0 Å². The van der Waals surface area contributed by atoms with Gasteiger partial charge in [0.15, 0.2) is 0 Å². The van der Waals surface area contributed by atoms with Crippen molar-refractivity contribution in [1.82, 2.24) is 19.6 Å². The summed E-state index contributed by atoms with van der Waals surface area (Å²) in [5.74, 6) is 0. The van der Waals surface area contributed by atoms with Crippen molar-refractivity contribution < 1.29 is 0 Å². The summed E-state index contributed by atoms with van der Waals surface area (Å²) in [6.07, 6.45) is 2.52. The van der Waals surface area contributed by atoms with Gasteiger partial charge in [-0.1, -0.05) is 30.3 Å². The van der Waals surface area contributed by atoms with E-state index >= 15 is 0 Å². The van der Waals surface area contributed by atoms with E-state index in [1.807, 2.05) is 45.9 Å². The van der Waals surface area contributed by atoms with Crippen molar-refractivity contribution in [3.8, 4) is 0 Å². The average Bonchev–Trinajstić information content (AvgIpc) is 2.96. The van der Waals surface area contributed by atoms with Gasteiger partial charge < -0.3 is 0 Å². The maximum absolute atomic E-state index is 12.9. The maximum atomic E-state index is 12.9. The molecule has 0 saturated heterocycles. The van der Waals surface area contributed by atoms with Gasteiger partial charge in [-0.05, 0) is 39.7 Å². The molecule has 0 atom stereocenters. The van der Waals surface area contributed by atoms with Crippen LogP contribution in [0.15, 0.2) is 41.3 Å². The van der Waals surface area contributed by atoms with Crippen LogP contribution in [0.25, 0.3) is 10.9 Å². The second kappa shape index (κ2) is 5.65. The summed E-state index contributed by atoms with van der Waals surface area (Å²) in [6.45, 7) is 8.62. The number of hydrogen-bond donors (Lipinski definition) is 0. The van der Waals surface area contributed by atoms with Crippen LogP contribution < -0.4 is 5.56 Å². The van der Waals surface area contributed by atoms with Crippen molar-refractivity contribution in [2.24, 2.45) is 0 Å². The molecule has 0 fully saturated rings. The van der Waals surface area contributed by atoms with Crippen LogP contribution in [0.5, 0.6) is 0 Å². The van der Waals surface area contributed by atoms with E-state index in [4.69, 9.17) is 0 Å². The van der Waals surface area contributed by atoms with E-state index in [2.05, 4.69) is 22.3 Å². The SMILES string of the molecule is Cc1nn(CCc2ccccc2)c(=O)c2c1cnn2C(C)(C)C. The number of hydrogen-bond acceptors (Lipinski definition) is 3. The molecule has 5 heteroatoms. The molecule has 0 aliphatic heterocycles. The summed E-state index contributed by atoms with van der Waals surface area (Å²) in [5, 5.41) is 9.71. The zero-order chi connectivity index (χ0) is 16.6. The van der Waals surface area contributed by atoms with Crippen molar-refractivity contribution in [2.75, 3.05) is 0 Å². The molecule has 0 aliphatic carbocycles. The second-order valence-corrected chi connectivity index (χ2v) is 6.84. The van der Waals surface area contributed by atoms with Crippen LogP contribution >= 0.6 is 0 Å². The molecular formula is C18H22N4O. The van der Waals surface area contributed by atoms with Gasteiger partial charge >= 0.3 is 0 Å². The van der Waals surface area contributed by atoms with Gasteiger partial charge in [0.05, 0.1) is 17.4 Å². The smallest absolute Gasteiger partial charge is 0.265 e. The lowest BCUT2D eigenvalue weighted by atomic mass is 10.1. The first-order chi connectivity index (χ1) is 10.9. The van der Waals surface area contributed by atoms with Crippen molar-refractivity contribution in [2.45, 2.75) is 46.2 Å². The molecule has 3 aromatic rings. The predicted octanol–water partition coefficient (Wildman–Crippen LogP) is 2.90. The number of benzene rings is 1. The first-order valence-corrected chi connectivity index (χ1v) is 7.88. The fourth-order valence-electron chi connectivity index (χ4n) is 2.76. The van der Waals surface area contributed by atoms with Gasteiger partial charge in [-0.25, -0.2) is 4.68 Å². The van der Waals surface area contributed by atoms with Crippen molar-refractivity contribution in [3.05, 3.63) is 58.1 Å². The monoisotopic (exact) mass is 310 g/mol. The third-order valence-corrected chi connectivity index (χ3v) is 3.96. The Balaban J connectivity index is 2.05. The summed E-state index contributed by atoms with van der Waals surface area (Å²) in [4.78, 5) is 12.9. The first kappa shape index (κ1) is 15.5. The number of aryl methyl sites for hydroxylation is 3. The number of rotatable bonds is 3. The lowest BCUT2D eigenvalue weighted by molar-refractivity contribution is 0.366. The highest BCUT2D eigenvalue weighted by Gasteiger charge is 2.21. The lowest BCUT2D eigenvalue weighted by Gasteiger charge is -2.20. The molecule has 0 amide bonds. The minimum atomic E-state index is -0.244. The third kappa shape index (κ3) is 2.91. The molecule has 3 rings (SSSR count). The van der Waals surface area contributed by atoms with Crippen molar-refractivity contribution >= 4 is 10.9 Å². The van der Waals surface area contributed by atoms with Crippen molar-refractivity contribution in [1.29, 1.82) is 0 Å². The normalized spacial score (nSPS) is 12.0. The largest absolute Gasteiger partial charge is 0.292 e. The Kier molecular flexibility index (Phi) is 3.80. The highest BCUT2D eigenvalue weighted by molar-refractivity contribution is 5.79. The lowest BCUT2D eigenvalue weighted by Crippen LogP contribution is -2.31. The molecule has 2 aromatic heterocycles. The van der Waals surface area contributed by atoms with Crippen LogP contribution in [0.2, 0.25) is 0 Å². The van der Waals surface area contributed by atoms with Gasteiger partial charge in [0.2, 0.25) is 0 Å². The Hall–Kier alpha value is -2.43. The Morgan fingerprint density at radius 2 is 1.83 bits per heavy atom. The quantitative estimate of drug-likeness (QED) is 0.747. The second-order valence-electron chi connectivity index (χ2n) is 6.84. The van der Waals surface area contributed by atoms with E-state index in [0.717, 1.165) is 17.5 Å². The Morgan fingerprint density at radius 1 is 1.13 bits per heavy atom. The fourth-order valence-corrected chi connectivity index (χ4v) is 2.76. The number of fused-ring (bicyclic) bond motifs is 1. The van der Waals surface area contributed by atoms with Crippen LogP contribution in [0.1, 0.15) is 32.0 Å². The standard InChI is InChI=1S/C18H22N4O/c1-13-15-12-19-22(18(2,3)4)16(15)17(23)21(20-13)11-10-14-8-6-5-7-9-14/h5-9,12H,10-11H2,1-4H3. The topological polar surface area (TPSA) is 52.7 Å². The zero-order valence-corrected chi connectivity index (χ0v) is 14.1. The van der Waals surface area contributed by atoms with Crippen LogP contribution in [0, 0.1) is 6.92 Å². The number of aromatic nitrogens is 4. The molecule has 120 valence electrons. The van der Waals surface area contributed by atoms with Gasteiger partial charge in [-0.15, -0.1) is 0 Å². The van der Waals surface area contributed by atoms with E-state index in [1.54, 1.807) is 15.6 Å². The van der Waals surface area contributed by atoms with E-state index in [-0.39, 0.29) is 11.1 Å². The summed E-state index contributed by atoms with van der Waals surface area (Å²) in [6, 6.07) is 10.1. The molecule has 23 heavy (non-hydrogen) atoms. The highest BCUT2D eigenvalue weighted by atomic mass is 16.1. The molecule has 2 heterocycles. The number of nitrogens with zero attached hydrogens (tertiary/aromatic N) is 4. The van der Waals surface area contributed by atoms with Gasteiger partial charge in [0.1, 0.15) is 5.52 Å². The summed E-state index contributed by atoms with van der Waals surface area (Å²) in [7, 11) is 0. The van der Waals surface area contributed by atoms with Gasteiger partial charge in [0.25, 0.3) is 5.56 Å². The molecule has 0 radical (unpaired) electrons. The Morgan fingerprint density at radius 3 is 2.48 bits per heavy atom. The molecule has 0 unspecified atom stereocenters. The Bertz CT molecular complexity index is 885. The first-order valence-electron chi connectivity index (χ1n) is 7.88. The minimum absolute atomic E-state index is 0.0750. The van der Waals surface area contributed by atoms with Crippen molar-refractivity contribution in [3.63, 3.8) is 0 Å². The molecule has 1 aromatic carbocycles. The van der Waals surface area contributed by atoms with Crippen LogP contribution in [-0.4, -0.2) is 19.6 Å². The van der Waals surface area contributed by atoms with E-state index in [0.29, 0.717) is 12.1 Å². The summed E-state index contributed by atoms with van der Waals surface area (Å²) < 4.78 is 3.37. The summed E-state index contributed by atoms with van der Waals surface area (Å²) in [5.41, 5.74) is 2.35. The van der Waals surface area contributed by atoms with Gasteiger partial charge in [-0.2, -0.15) is 10.2 Å². The van der Waals surface area contributed by atoms with E-state index in [1.165, 1.54) is 5.56 Å². The zero-order valence-electron chi connectivity index (χ0n) is 14.1. The maximum Gasteiger partial charge on any atom is 0.292 e. The molecule has 0 bridgehead atoms. The molecule has 0 spiro atoms. The third-order valence-electron chi connectivity index (χ3n) is 3.96. The Labute approximate surface area is 135 Å². The van der Waals surface area contributed by atoms with Crippen LogP contribution in [-0.2, 0) is 18.5 Å². The highest BCUT2D eigenvalue weighted by Crippen LogP contribution is 2.20. The van der Waals surface area contributed by atoms with Gasteiger partial charge in [0, 0.05) is 11.9 Å². The molecule has 5 nitrogen and oxygen atoms in total. The van der Waals surface area contributed by atoms with Crippen LogP contribution in [0.4, 0.5) is 0 Å². The van der Waals surface area contributed by atoms with E-state index < -0.39 is 0 Å². The van der Waals surface area contributed by atoms with Gasteiger partial charge in [-0.3, -0.25) is 9.48 Å². The average molecular weight is 310 g/mol. The summed E-state index contributed by atoms with van der Waals surface area (Å²) >= 11 is 0. The molecular weight excluding hydrogens is 288 g/mol. The molecule has 0 N–H and O–H groups in total. The fraction of sp³-hybridized carbons (Fsp3) is 0.389. The molecule has 0 aliphatic rings. The minimum Gasteiger partial charge on any atom is -0.265 e.